The van der Waals surface area contributed by atoms with Gasteiger partial charge in [-0.2, -0.15) is 4.98 Å². The molecule has 0 saturated heterocycles. The van der Waals surface area contributed by atoms with Crippen molar-refractivity contribution in [2.45, 2.75) is 0 Å². The van der Waals surface area contributed by atoms with Gasteiger partial charge in [-0.25, -0.2) is 13.8 Å². The molecule has 2 aromatic heterocycles. The topological polar surface area (TPSA) is 66.0 Å². The molecule has 0 amide bonds. The Kier molecular flexibility index (Phi) is 5.87. The smallest absolute Gasteiger partial charge is 0.225 e. The first kappa shape index (κ1) is 18.7. The number of halogens is 2. The van der Waals surface area contributed by atoms with E-state index >= 15 is 0 Å². The number of nitrogens with zero attached hydrogens (tertiary/aromatic N) is 4. The van der Waals surface area contributed by atoms with Gasteiger partial charge in [-0.1, -0.05) is 0 Å². The van der Waals surface area contributed by atoms with Gasteiger partial charge in [0.15, 0.2) is 0 Å². The van der Waals surface area contributed by atoms with E-state index in [1.807, 2.05) is 31.1 Å². The van der Waals surface area contributed by atoms with Crippen molar-refractivity contribution < 1.29 is 8.78 Å². The van der Waals surface area contributed by atoms with Crippen LogP contribution in [0.2, 0.25) is 0 Å². The molecule has 0 aliphatic carbocycles. The third-order valence-corrected chi connectivity index (χ3v) is 3.72. The van der Waals surface area contributed by atoms with Crippen molar-refractivity contribution in [3.8, 4) is 11.3 Å². The highest BCUT2D eigenvalue weighted by molar-refractivity contribution is 5.67. The second-order valence-electron chi connectivity index (χ2n) is 6.18. The molecule has 0 aliphatic rings. The lowest BCUT2D eigenvalue weighted by atomic mass is 10.2. The zero-order valence-corrected chi connectivity index (χ0v) is 15.1. The molecule has 0 fully saturated rings. The molecule has 3 aromatic rings. The fourth-order valence-electron chi connectivity index (χ4n) is 2.37. The summed E-state index contributed by atoms with van der Waals surface area (Å²) >= 11 is 0. The first-order chi connectivity index (χ1) is 13.0. The van der Waals surface area contributed by atoms with Gasteiger partial charge in [-0.15, -0.1) is 0 Å². The summed E-state index contributed by atoms with van der Waals surface area (Å²) in [6, 6.07) is 8.71. The van der Waals surface area contributed by atoms with E-state index in [-0.39, 0.29) is 5.69 Å². The van der Waals surface area contributed by atoms with Crippen LogP contribution in [-0.2, 0) is 0 Å². The van der Waals surface area contributed by atoms with Crippen LogP contribution in [0.3, 0.4) is 0 Å². The van der Waals surface area contributed by atoms with Gasteiger partial charge in [0, 0.05) is 43.2 Å². The van der Waals surface area contributed by atoms with Crippen LogP contribution in [0.25, 0.3) is 11.3 Å². The summed E-state index contributed by atoms with van der Waals surface area (Å²) in [7, 11) is 3.94. The maximum atomic E-state index is 14.0. The SMILES string of the molecule is CN(C)CCNc1nc(Nc2ccc(F)cc2F)cc(-c2cccnc2)n1. The van der Waals surface area contributed by atoms with Gasteiger partial charge in [0.25, 0.3) is 0 Å². The monoisotopic (exact) mass is 370 g/mol. The van der Waals surface area contributed by atoms with Crippen molar-refractivity contribution in [3.05, 3.63) is 60.4 Å². The molecule has 0 radical (unpaired) electrons. The van der Waals surface area contributed by atoms with Crippen LogP contribution in [0.15, 0.2) is 48.8 Å². The van der Waals surface area contributed by atoms with Crippen molar-refractivity contribution >= 4 is 17.5 Å². The average molecular weight is 370 g/mol. The van der Waals surface area contributed by atoms with Crippen molar-refractivity contribution in [2.24, 2.45) is 0 Å². The first-order valence-corrected chi connectivity index (χ1v) is 8.41. The van der Waals surface area contributed by atoms with E-state index in [9.17, 15) is 8.78 Å². The molecule has 0 spiro atoms. The standard InChI is InChI=1S/C19H20F2N6/c1-27(2)9-8-23-19-25-17(13-4-3-7-22-12-13)11-18(26-19)24-16-6-5-14(20)10-15(16)21/h3-7,10-12H,8-9H2,1-2H3,(H2,23,24,25,26). The van der Waals surface area contributed by atoms with E-state index in [0.717, 1.165) is 18.2 Å². The second kappa shape index (κ2) is 8.50. The summed E-state index contributed by atoms with van der Waals surface area (Å²) in [6.07, 6.45) is 3.36. The molecule has 0 saturated carbocycles. The summed E-state index contributed by atoms with van der Waals surface area (Å²) in [4.78, 5) is 15.0. The van der Waals surface area contributed by atoms with Gasteiger partial charge in [0.1, 0.15) is 17.5 Å². The maximum absolute atomic E-state index is 14.0. The Morgan fingerprint density at radius 3 is 2.63 bits per heavy atom. The highest BCUT2D eigenvalue weighted by Crippen LogP contribution is 2.24. The number of likely N-dealkylation sites (N-methyl/N-ethyl adjacent to an activating group) is 1. The lowest BCUT2D eigenvalue weighted by molar-refractivity contribution is 0.425. The van der Waals surface area contributed by atoms with Gasteiger partial charge in [-0.05, 0) is 38.4 Å². The lowest BCUT2D eigenvalue weighted by Gasteiger charge is -2.13. The average Bonchev–Trinajstić information content (AvgIpc) is 2.64. The highest BCUT2D eigenvalue weighted by atomic mass is 19.1. The van der Waals surface area contributed by atoms with E-state index in [1.54, 1.807) is 18.5 Å². The number of hydrogen-bond donors (Lipinski definition) is 2. The Balaban J connectivity index is 1.91. The Labute approximate surface area is 156 Å². The lowest BCUT2D eigenvalue weighted by Crippen LogP contribution is -2.21. The fraction of sp³-hybridized carbons (Fsp3) is 0.211. The third-order valence-electron chi connectivity index (χ3n) is 3.72. The maximum Gasteiger partial charge on any atom is 0.225 e. The normalized spacial score (nSPS) is 10.9. The van der Waals surface area contributed by atoms with E-state index in [0.29, 0.717) is 24.0 Å². The molecule has 0 bridgehead atoms. The minimum atomic E-state index is -0.696. The molecule has 0 atom stereocenters. The summed E-state index contributed by atoms with van der Waals surface area (Å²) < 4.78 is 27.1. The molecule has 0 unspecified atom stereocenters. The Morgan fingerprint density at radius 2 is 1.93 bits per heavy atom. The molecule has 0 aliphatic heterocycles. The van der Waals surface area contributed by atoms with Crippen LogP contribution < -0.4 is 10.6 Å². The number of aromatic nitrogens is 3. The number of hydrogen-bond acceptors (Lipinski definition) is 6. The number of nitrogens with one attached hydrogen (secondary N) is 2. The molecular formula is C19H20F2N6. The van der Waals surface area contributed by atoms with Crippen LogP contribution in [0.5, 0.6) is 0 Å². The van der Waals surface area contributed by atoms with E-state index in [2.05, 4.69) is 25.6 Å². The van der Waals surface area contributed by atoms with Crippen LogP contribution in [0.1, 0.15) is 0 Å². The first-order valence-electron chi connectivity index (χ1n) is 8.41. The fourth-order valence-corrected chi connectivity index (χ4v) is 2.37. The molecule has 140 valence electrons. The van der Waals surface area contributed by atoms with Crippen LogP contribution >= 0.6 is 0 Å². The predicted molar refractivity (Wildman–Crippen MR) is 102 cm³/mol. The molecule has 8 heteroatoms. The van der Waals surface area contributed by atoms with Gasteiger partial charge in [-0.3, -0.25) is 4.98 Å². The van der Waals surface area contributed by atoms with E-state index < -0.39 is 11.6 Å². The number of pyridine rings is 1. The van der Waals surface area contributed by atoms with Crippen LogP contribution in [0.4, 0.5) is 26.2 Å². The second-order valence-corrected chi connectivity index (χ2v) is 6.18. The predicted octanol–water partition coefficient (Wildman–Crippen LogP) is 3.53. The Bertz CT molecular complexity index is 902. The van der Waals surface area contributed by atoms with Crippen molar-refractivity contribution in [1.82, 2.24) is 19.9 Å². The number of benzene rings is 1. The van der Waals surface area contributed by atoms with Crippen molar-refractivity contribution in [3.63, 3.8) is 0 Å². The summed E-state index contributed by atoms with van der Waals surface area (Å²) in [5.41, 5.74) is 1.57. The summed E-state index contributed by atoms with van der Waals surface area (Å²) in [5.74, 6) is -0.536. The minimum Gasteiger partial charge on any atom is -0.353 e. The zero-order valence-electron chi connectivity index (χ0n) is 15.1. The van der Waals surface area contributed by atoms with Crippen molar-refractivity contribution in [1.29, 1.82) is 0 Å². The molecular weight excluding hydrogens is 350 g/mol. The summed E-state index contributed by atoms with van der Waals surface area (Å²) in [5, 5.41) is 6.04. The highest BCUT2D eigenvalue weighted by Gasteiger charge is 2.10. The Morgan fingerprint density at radius 1 is 1.07 bits per heavy atom. The van der Waals surface area contributed by atoms with Crippen LogP contribution in [-0.4, -0.2) is 47.0 Å². The van der Waals surface area contributed by atoms with Crippen LogP contribution in [0, 0.1) is 11.6 Å². The van der Waals surface area contributed by atoms with Gasteiger partial charge in [0.05, 0.1) is 11.4 Å². The van der Waals surface area contributed by atoms with E-state index in [4.69, 9.17) is 0 Å². The zero-order chi connectivity index (χ0) is 19.2. The Hall–Kier alpha value is -3.13. The molecule has 2 N–H and O–H groups in total. The number of anilines is 3. The molecule has 27 heavy (non-hydrogen) atoms. The van der Waals surface area contributed by atoms with Crippen molar-refractivity contribution in [2.75, 3.05) is 37.8 Å². The van der Waals surface area contributed by atoms with E-state index in [1.165, 1.54) is 12.1 Å². The third kappa shape index (κ3) is 5.18. The largest absolute Gasteiger partial charge is 0.353 e. The molecule has 2 heterocycles. The van der Waals surface area contributed by atoms with Gasteiger partial charge in [0.2, 0.25) is 5.95 Å². The van der Waals surface area contributed by atoms with Gasteiger partial charge >= 0.3 is 0 Å². The molecule has 1 aromatic carbocycles. The minimum absolute atomic E-state index is 0.131. The van der Waals surface area contributed by atoms with Gasteiger partial charge < -0.3 is 15.5 Å². The quantitative estimate of drug-likeness (QED) is 0.663. The summed E-state index contributed by atoms with van der Waals surface area (Å²) in [6.45, 7) is 1.45. The number of rotatable bonds is 7. The molecule has 6 nitrogen and oxygen atoms in total. The molecule has 3 rings (SSSR count).